The second-order valence-electron chi connectivity index (χ2n) is 20.6. The molecule has 0 aliphatic rings. The van der Waals surface area contributed by atoms with E-state index in [9.17, 15) is 58.5 Å². The van der Waals surface area contributed by atoms with Crippen LogP contribution in [0.3, 0.4) is 0 Å². The Balaban J connectivity index is 1.70. The number of rotatable bonds is 43. The normalized spacial score (nSPS) is 13.0. The molecular formula is C72H82O24. The third-order valence-corrected chi connectivity index (χ3v) is 12.9. The summed E-state index contributed by atoms with van der Waals surface area (Å²) in [6, 6.07) is 18.0. The van der Waals surface area contributed by atoms with E-state index in [1.165, 1.54) is 92.8 Å². The van der Waals surface area contributed by atoms with Crippen molar-refractivity contribution in [1.82, 2.24) is 0 Å². The number of carbonyl (C=O) groups is 9. The number of benzene rings is 3. The zero-order valence-electron chi connectivity index (χ0n) is 54.4. The molecule has 3 aromatic rings. The molecule has 0 saturated carbocycles. The highest BCUT2D eigenvalue weighted by atomic mass is 16.7. The lowest BCUT2D eigenvalue weighted by Crippen LogP contribution is -2.26. The highest BCUT2D eigenvalue weighted by Gasteiger charge is 2.27. The van der Waals surface area contributed by atoms with Gasteiger partial charge in [0.05, 0.1) is 35.1 Å². The lowest BCUT2D eigenvalue weighted by Gasteiger charge is -2.28. The first-order valence-corrected chi connectivity index (χ1v) is 30.0. The second-order valence-corrected chi connectivity index (χ2v) is 20.6. The van der Waals surface area contributed by atoms with Crippen molar-refractivity contribution in [2.24, 2.45) is 0 Å². The standard InChI is InChI=1S/C72H82O24/c1-11-50(8)67(80)88-38-37-85-62(75)28-16-14-15-17-29-63(76)94-45-53(73)43-91-56(13-3)33-30-51(9)72(10,36-22-23-55(12-2)93-47-64(77)96-71(84)61-27-21-20-26-60(61)69(82)90-42-40-87-66(79)49(6)7)52-31-34-57(35-32-52)92-44-54(74)46-95-70(83)59-25-19-18-24-58(59)68(81)89-41-39-86-65(78)48(4)5/h12-27,30-36,53-54,64,73-74,77H,2,4,6,8-9,11,28-29,37-47H2,1,3,5,7,10H3/b16-14-,17-15-,33-30-,36-22+,55-23+,56-13+. The molecule has 24 nitrogen and oxygen atoms in total. The van der Waals surface area contributed by atoms with Gasteiger partial charge < -0.3 is 72.2 Å². The van der Waals surface area contributed by atoms with Crippen LogP contribution in [0.5, 0.6) is 5.75 Å². The molecule has 4 atom stereocenters. The topological polar surface area (TPSA) is 325 Å². The van der Waals surface area contributed by atoms with Crippen molar-refractivity contribution in [3.63, 3.8) is 0 Å². The maximum Gasteiger partial charge on any atom is 0.341 e. The minimum Gasteiger partial charge on any atom is -0.491 e. The van der Waals surface area contributed by atoms with Crippen LogP contribution in [0.15, 0.2) is 206 Å². The van der Waals surface area contributed by atoms with Gasteiger partial charge in [-0.1, -0.05) is 119 Å². The molecular weight excluding hydrogens is 1250 g/mol. The number of aliphatic hydroxyl groups excluding tert-OH is 3. The minimum atomic E-state index is -1.83. The zero-order chi connectivity index (χ0) is 71.0. The summed E-state index contributed by atoms with van der Waals surface area (Å²) < 4.78 is 63.2. The SMILES string of the molecule is C=C/C(=C\C=C\C(C)(C(=C)/C=C\C(=C/C)OCC(O)COC(=O)C/C=C\C=C/CC(=O)OCCOC(=O)C(=C)CC)c1ccc(OCC(O)COC(=O)c2ccccc2C(=O)OCCOC(=O)C(=C)C)cc1)OCC(O)OC(=O)c1ccccc1C(=O)OCCOC(=O)C(=C)C. The molecule has 96 heavy (non-hydrogen) atoms. The molecule has 0 aromatic heterocycles. The van der Waals surface area contributed by atoms with E-state index in [0.29, 0.717) is 34.6 Å². The fourth-order valence-corrected chi connectivity index (χ4v) is 7.45. The zero-order valence-corrected chi connectivity index (χ0v) is 54.4. The number of hydrogen-bond donors (Lipinski definition) is 3. The lowest BCUT2D eigenvalue weighted by molar-refractivity contribution is -0.149. The smallest absolute Gasteiger partial charge is 0.341 e. The van der Waals surface area contributed by atoms with Gasteiger partial charge in [0, 0.05) is 22.1 Å². The van der Waals surface area contributed by atoms with Crippen LogP contribution in [-0.2, 0) is 81.5 Å². The molecule has 0 spiro atoms. The van der Waals surface area contributed by atoms with Crippen LogP contribution >= 0.6 is 0 Å². The van der Waals surface area contributed by atoms with Gasteiger partial charge in [-0.3, -0.25) is 9.59 Å². The molecule has 3 N–H and O–H groups in total. The first-order valence-electron chi connectivity index (χ1n) is 30.0. The van der Waals surface area contributed by atoms with Crippen molar-refractivity contribution in [2.75, 3.05) is 72.7 Å². The third kappa shape index (κ3) is 29.5. The van der Waals surface area contributed by atoms with Crippen LogP contribution in [0.1, 0.15) is 101 Å². The minimum absolute atomic E-state index is 0.0606. The number of hydrogen-bond acceptors (Lipinski definition) is 24. The number of carbonyl (C=O) groups excluding carboxylic acids is 9. The third-order valence-electron chi connectivity index (χ3n) is 12.9. The molecule has 0 fully saturated rings. The van der Waals surface area contributed by atoms with E-state index in [1.807, 2.05) is 6.92 Å². The van der Waals surface area contributed by atoms with Crippen LogP contribution in [0.2, 0.25) is 0 Å². The van der Waals surface area contributed by atoms with Crippen molar-refractivity contribution in [2.45, 2.75) is 77.8 Å². The Hall–Kier alpha value is -10.7. The summed E-state index contributed by atoms with van der Waals surface area (Å²) in [6.45, 7) is 23.5. The summed E-state index contributed by atoms with van der Waals surface area (Å²) in [4.78, 5) is 111. The van der Waals surface area contributed by atoms with Gasteiger partial charge in [0.2, 0.25) is 6.29 Å². The molecule has 24 heteroatoms. The van der Waals surface area contributed by atoms with Gasteiger partial charge in [-0.25, -0.2) is 33.6 Å². The average Bonchev–Trinajstić information content (AvgIpc) is 0.822. The Morgan fingerprint density at radius 2 is 0.958 bits per heavy atom. The molecule has 3 rings (SSSR count). The van der Waals surface area contributed by atoms with Gasteiger partial charge in [0.15, 0.2) is 6.61 Å². The molecule has 0 aliphatic carbocycles. The first kappa shape index (κ1) is 79.5. The number of esters is 9. The predicted molar refractivity (Wildman–Crippen MR) is 349 cm³/mol. The predicted octanol–water partition coefficient (Wildman–Crippen LogP) is 8.79. The lowest BCUT2D eigenvalue weighted by atomic mass is 9.76. The molecule has 4 unspecified atom stereocenters. The van der Waals surface area contributed by atoms with Gasteiger partial charge in [-0.05, 0) is 106 Å². The van der Waals surface area contributed by atoms with Crippen molar-refractivity contribution < 1.29 is 115 Å². The van der Waals surface area contributed by atoms with Gasteiger partial charge in [0.1, 0.15) is 95.5 Å². The Morgan fingerprint density at radius 3 is 1.47 bits per heavy atom. The quantitative estimate of drug-likeness (QED) is 0.00906. The molecule has 3 aromatic carbocycles. The maximum atomic E-state index is 13.2. The summed E-state index contributed by atoms with van der Waals surface area (Å²) >= 11 is 0. The summed E-state index contributed by atoms with van der Waals surface area (Å²) in [5, 5.41) is 32.2. The summed E-state index contributed by atoms with van der Waals surface area (Å²) in [6.07, 6.45) is 13.1. The van der Waals surface area contributed by atoms with Crippen LogP contribution in [0.4, 0.5) is 0 Å². The molecule has 0 bridgehead atoms. The van der Waals surface area contributed by atoms with Crippen molar-refractivity contribution in [3.8, 4) is 5.75 Å². The molecule has 0 aliphatic heterocycles. The van der Waals surface area contributed by atoms with E-state index in [2.05, 4.69) is 32.9 Å². The Kier molecular flexibility index (Phi) is 35.8. The van der Waals surface area contributed by atoms with Crippen LogP contribution in [0, 0.1) is 0 Å². The summed E-state index contributed by atoms with van der Waals surface area (Å²) in [5.41, 5.74) is 0.0976. The van der Waals surface area contributed by atoms with E-state index in [4.69, 9.17) is 56.8 Å². The van der Waals surface area contributed by atoms with E-state index in [1.54, 1.807) is 74.6 Å². The molecule has 0 saturated heterocycles. The fourth-order valence-electron chi connectivity index (χ4n) is 7.45. The number of ether oxygens (including phenoxy) is 12. The average molecular weight is 1330 g/mol. The summed E-state index contributed by atoms with van der Waals surface area (Å²) in [5.74, 6) is -6.09. The second kappa shape index (κ2) is 43.3. The molecule has 0 heterocycles. The van der Waals surface area contributed by atoms with E-state index < -0.39 is 90.9 Å². The van der Waals surface area contributed by atoms with Gasteiger partial charge in [-0.2, -0.15) is 0 Å². The highest BCUT2D eigenvalue weighted by molar-refractivity contribution is 6.04. The van der Waals surface area contributed by atoms with Gasteiger partial charge in [-0.15, -0.1) is 0 Å². The monoisotopic (exact) mass is 1330 g/mol. The van der Waals surface area contributed by atoms with Crippen molar-refractivity contribution >= 4 is 53.7 Å². The largest absolute Gasteiger partial charge is 0.491 e. The van der Waals surface area contributed by atoms with Crippen LogP contribution < -0.4 is 4.74 Å². The van der Waals surface area contributed by atoms with Crippen molar-refractivity contribution in [1.29, 1.82) is 0 Å². The van der Waals surface area contributed by atoms with Crippen molar-refractivity contribution in [3.05, 3.63) is 234 Å². The first-order chi connectivity index (χ1) is 45.8. The van der Waals surface area contributed by atoms with E-state index in [-0.39, 0.29) is 111 Å². The van der Waals surface area contributed by atoms with E-state index >= 15 is 0 Å². The number of allylic oxidation sites excluding steroid dienone is 10. The maximum absolute atomic E-state index is 13.2. The molecule has 0 radical (unpaired) electrons. The van der Waals surface area contributed by atoms with Crippen LogP contribution in [-0.4, -0.2) is 160 Å². The molecule has 0 amide bonds. The van der Waals surface area contributed by atoms with Gasteiger partial charge in [0.25, 0.3) is 0 Å². The fraction of sp³-hybridized carbons (Fsp3) is 0.319. The Bertz CT molecular complexity index is 3410. The Morgan fingerprint density at radius 1 is 0.510 bits per heavy atom. The van der Waals surface area contributed by atoms with Gasteiger partial charge >= 0.3 is 53.7 Å². The summed E-state index contributed by atoms with van der Waals surface area (Å²) in [7, 11) is 0. The highest BCUT2D eigenvalue weighted by Crippen LogP contribution is 2.35. The number of aliphatic hydroxyl groups is 3. The van der Waals surface area contributed by atoms with E-state index in [0.717, 1.165) is 0 Å². The van der Waals surface area contributed by atoms with Crippen LogP contribution in [0.25, 0.3) is 0 Å². The molecule has 514 valence electrons. The Labute approximate surface area is 557 Å².